The minimum Gasteiger partial charge on any atom is -0.490 e. The summed E-state index contributed by atoms with van der Waals surface area (Å²) < 4.78 is 6.96. The summed E-state index contributed by atoms with van der Waals surface area (Å²) in [4.78, 5) is 0. The van der Waals surface area contributed by atoms with E-state index in [1.165, 1.54) is 25.7 Å². The molecule has 1 aliphatic carbocycles. The maximum absolute atomic E-state index is 5.92. The highest BCUT2D eigenvalue weighted by molar-refractivity contribution is 9.10. The van der Waals surface area contributed by atoms with Crippen molar-refractivity contribution in [3.8, 4) is 5.75 Å². The second-order valence-electron chi connectivity index (χ2n) is 4.50. The molecule has 1 aliphatic rings. The first-order chi connectivity index (χ1) is 7.66. The van der Waals surface area contributed by atoms with E-state index in [0.717, 1.165) is 15.8 Å². The SMILES string of the molecule is C[C@@H](N)c1ccc(OC2CCCC2)cc1Br. The maximum atomic E-state index is 5.92. The Labute approximate surface area is 105 Å². The fourth-order valence-electron chi connectivity index (χ4n) is 2.15. The van der Waals surface area contributed by atoms with Crippen molar-refractivity contribution < 1.29 is 4.74 Å². The van der Waals surface area contributed by atoms with Gasteiger partial charge in [-0.15, -0.1) is 0 Å². The fraction of sp³-hybridized carbons (Fsp3) is 0.538. The van der Waals surface area contributed by atoms with Gasteiger partial charge in [0.2, 0.25) is 0 Å². The van der Waals surface area contributed by atoms with Crippen LogP contribution in [0.15, 0.2) is 22.7 Å². The van der Waals surface area contributed by atoms with E-state index in [9.17, 15) is 0 Å². The van der Waals surface area contributed by atoms with Gasteiger partial charge in [-0.25, -0.2) is 0 Å². The summed E-state index contributed by atoms with van der Waals surface area (Å²) in [6.45, 7) is 1.98. The molecular weight excluding hydrogens is 266 g/mol. The third-order valence-electron chi connectivity index (χ3n) is 3.07. The molecule has 0 unspecified atom stereocenters. The summed E-state index contributed by atoms with van der Waals surface area (Å²) in [6, 6.07) is 6.13. The second kappa shape index (κ2) is 5.19. The summed E-state index contributed by atoms with van der Waals surface area (Å²) in [5.74, 6) is 0.947. The molecule has 2 N–H and O–H groups in total. The molecule has 1 atom stereocenters. The lowest BCUT2D eigenvalue weighted by Gasteiger charge is -2.15. The number of rotatable bonds is 3. The molecule has 1 fully saturated rings. The molecule has 0 amide bonds. The Balaban J connectivity index is 2.08. The van der Waals surface area contributed by atoms with Gasteiger partial charge >= 0.3 is 0 Å². The van der Waals surface area contributed by atoms with Crippen LogP contribution >= 0.6 is 15.9 Å². The van der Waals surface area contributed by atoms with Gasteiger partial charge < -0.3 is 10.5 Å². The molecule has 1 saturated carbocycles. The largest absolute Gasteiger partial charge is 0.490 e. The Kier molecular flexibility index (Phi) is 3.87. The molecule has 0 radical (unpaired) electrons. The van der Waals surface area contributed by atoms with E-state index in [2.05, 4.69) is 15.9 Å². The van der Waals surface area contributed by atoms with Crippen molar-refractivity contribution in [3.05, 3.63) is 28.2 Å². The lowest BCUT2D eigenvalue weighted by molar-refractivity contribution is 0.210. The van der Waals surface area contributed by atoms with Crippen molar-refractivity contribution in [2.24, 2.45) is 5.73 Å². The lowest BCUT2D eigenvalue weighted by Crippen LogP contribution is -2.11. The van der Waals surface area contributed by atoms with Crippen LogP contribution < -0.4 is 10.5 Å². The highest BCUT2D eigenvalue weighted by atomic mass is 79.9. The molecule has 1 aromatic rings. The van der Waals surface area contributed by atoms with Crippen LogP contribution in [-0.2, 0) is 0 Å². The minimum absolute atomic E-state index is 0.0508. The van der Waals surface area contributed by atoms with Crippen molar-refractivity contribution in [1.29, 1.82) is 0 Å². The van der Waals surface area contributed by atoms with Crippen LogP contribution in [-0.4, -0.2) is 6.10 Å². The first-order valence-electron chi connectivity index (χ1n) is 5.88. The van der Waals surface area contributed by atoms with E-state index < -0.39 is 0 Å². The monoisotopic (exact) mass is 283 g/mol. The van der Waals surface area contributed by atoms with E-state index in [4.69, 9.17) is 10.5 Å². The number of ether oxygens (including phenoxy) is 1. The smallest absolute Gasteiger partial charge is 0.120 e. The topological polar surface area (TPSA) is 35.2 Å². The van der Waals surface area contributed by atoms with Crippen LogP contribution in [0.3, 0.4) is 0 Å². The first-order valence-corrected chi connectivity index (χ1v) is 6.68. The van der Waals surface area contributed by atoms with Crippen LogP contribution in [0.1, 0.15) is 44.2 Å². The van der Waals surface area contributed by atoms with Crippen molar-refractivity contribution in [2.75, 3.05) is 0 Å². The first kappa shape index (κ1) is 11.9. The van der Waals surface area contributed by atoms with Crippen LogP contribution in [0, 0.1) is 0 Å². The number of hydrogen-bond donors (Lipinski definition) is 1. The normalized spacial score (nSPS) is 18.7. The molecule has 88 valence electrons. The van der Waals surface area contributed by atoms with Crippen LogP contribution in [0.4, 0.5) is 0 Å². The van der Waals surface area contributed by atoms with E-state index >= 15 is 0 Å². The minimum atomic E-state index is 0.0508. The van der Waals surface area contributed by atoms with Gasteiger partial charge in [-0.1, -0.05) is 22.0 Å². The zero-order valence-corrected chi connectivity index (χ0v) is 11.2. The average Bonchev–Trinajstić information content (AvgIpc) is 2.70. The van der Waals surface area contributed by atoms with Crippen LogP contribution in [0.2, 0.25) is 0 Å². The summed E-state index contributed by atoms with van der Waals surface area (Å²) in [5.41, 5.74) is 6.98. The zero-order valence-electron chi connectivity index (χ0n) is 9.58. The summed E-state index contributed by atoms with van der Waals surface area (Å²) in [7, 11) is 0. The van der Waals surface area contributed by atoms with Gasteiger partial charge in [0.05, 0.1) is 6.10 Å². The van der Waals surface area contributed by atoms with E-state index in [1.807, 2.05) is 25.1 Å². The maximum Gasteiger partial charge on any atom is 0.120 e. The Hall–Kier alpha value is -0.540. The molecule has 0 aliphatic heterocycles. The molecule has 2 nitrogen and oxygen atoms in total. The number of benzene rings is 1. The molecule has 2 rings (SSSR count). The van der Waals surface area contributed by atoms with E-state index in [1.54, 1.807) is 0 Å². The molecule has 0 bridgehead atoms. The standard InChI is InChI=1S/C13H18BrNO/c1-9(15)12-7-6-11(8-13(12)14)16-10-4-2-3-5-10/h6-10H,2-5,15H2,1H3/t9-/m1/s1. The van der Waals surface area contributed by atoms with Gasteiger partial charge in [0.25, 0.3) is 0 Å². The molecule has 0 aromatic heterocycles. The predicted molar refractivity (Wildman–Crippen MR) is 69.6 cm³/mol. The predicted octanol–water partition coefficient (Wildman–Crippen LogP) is 3.79. The van der Waals surface area contributed by atoms with Gasteiger partial charge in [-0.3, -0.25) is 0 Å². The molecule has 0 saturated heterocycles. The third kappa shape index (κ3) is 2.77. The van der Waals surface area contributed by atoms with E-state index in [0.29, 0.717) is 6.10 Å². The van der Waals surface area contributed by atoms with Gasteiger partial charge in [0.1, 0.15) is 5.75 Å². The number of halogens is 1. The number of hydrogen-bond acceptors (Lipinski definition) is 2. The molecule has 16 heavy (non-hydrogen) atoms. The van der Waals surface area contributed by atoms with Crippen molar-refractivity contribution in [1.82, 2.24) is 0 Å². The molecular formula is C13H18BrNO. The second-order valence-corrected chi connectivity index (χ2v) is 5.35. The van der Waals surface area contributed by atoms with Crippen molar-refractivity contribution in [3.63, 3.8) is 0 Å². The van der Waals surface area contributed by atoms with Crippen molar-refractivity contribution >= 4 is 15.9 Å². The summed E-state index contributed by atoms with van der Waals surface area (Å²) >= 11 is 3.54. The van der Waals surface area contributed by atoms with Crippen molar-refractivity contribution in [2.45, 2.75) is 44.8 Å². The van der Waals surface area contributed by atoms with Gasteiger partial charge in [-0.05, 0) is 50.3 Å². The van der Waals surface area contributed by atoms with Gasteiger partial charge in [-0.2, -0.15) is 0 Å². The molecule has 0 spiro atoms. The third-order valence-corrected chi connectivity index (χ3v) is 3.75. The Morgan fingerprint density at radius 2 is 2.06 bits per heavy atom. The Bertz CT molecular complexity index is 359. The lowest BCUT2D eigenvalue weighted by atomic mass is 10.1. The summed E-state index contributed by atoms with van der Waals surface area (Å²) in [6.07, 6.45) is 5.38. The Morgan fingerprint density at radius 1 is 1.38 bits per heavy atom. The number of nitrogens with two attached hydrogens (primary N) is 1. The molecule has 1 aromatic carbocycles. The highest BCUT2D eigenvalue weighted by Gasteiger charge is 2.17. The summed E-state index contributed by atoms with van der Waals surface area (Å²) in [5, 5.41) is 0. The highest BCUT2D eigenvalue weighted by Crippen LogP contribution is 2.29. The molecule has 3 heteroatoms. The quantitative estimate of drug-likeness (QED) is 0.916. The Morgan fingerprint density at radius 3 is 2.62 bits per heavy atom. The molecule has 0 heterocycles. The van der Waals surface area contributed by atoms with Crippen LogP contribution in [0.5, 0.6) is 5.75 Å². The van der Waals surface area contributed by atoms with Gasteiger partial charge in [0.15, 0.2) is 0 Å². The van der Waals surface area contributed by atoms with Crippen LogP contribution in [0.25, 0.3) is 0 Å². The van der Waals surface area contributed by atoms with E-state index in [-0.39, 0.29) is 6.04 Å². The van der Waals surface area contributed by atoms with Gasteiger partial charge in [0, 0.05) is 10.5 Å². The average molecular weight is 284 g/mol. The fourth-order valence-corrected chi connectivity index (χ4v) is 2.87. The zero-order chi connectivity index (χ0) is 11.5.